The molecule has 2 rings (SSSR count). The van der Waals surface area contributed by atoms with Gasteiger partial charge in [-0.15, -0.1) is 0 Å². The fourth-order valence-corrected chi connectivity index (χ4v) is 1.30. The van der Waals surface area contributed by atoms with Crippen LogP contribution in [0.5, 0.6) is 17.2 Å². The highest BCUT2D eigenvalue weighted by Gasteiger charge is 2.13. The highest BCUT2D eigenvalue weighted by molar-refractivity contribution is 5.75. The molecule has 1 amide bonds. The van der Waals surface area contributed by atoms with Crippen LogP contribution in [0, 0.1) is 0 Å². The predicted octanol–water partition coefficient (Wildman–Crippen LogP) is 0.174. The monoisotopic (exact) mass is 224 g/mol. The molecule has 0 bridgehead atoms. The lowest BCUT2D eigenvalue weighted by Gasteiger charge is -2.06. The lowest BCUT2D eigenvalue weighted by atomic mass is 10.3. The Kier molecular flexibility index (Phi) is 3.11. The van der Waals surface area contributed by atoms with E-state index >= 15 is 0 Å². The molecule has 1 aliphatic heterocycles. The number of nitrogens with two attached hydrogens (primary N) is 1. The van der Waals surface area contributed by atoms with Crippen LogP contribution in [0.15, 0.2) is 18.2 Å². The maximum Gasteiger partial charge on any atom is 0.237 e. The van der Waals surface area contributed by atoms with Crippen LogP contribution in [-0.4, -0.2) is 19.3 Å². The van der Waals surface area contributed by atoms with Gasteiger partial charge in [-0.1, -0.05) is 0 Å². The normalized spacial score (nSPS) is 12.3. The number of hydrazine groups is 1. The van der Waals surface area contributed by atoms with Gasteiger partial charge in [0.15, 0.2) is 11.5 Å². The van der Waals surface area contributed by atoms with E-state index in [0.29, 0.717) is 17.2 Å². The molecule has 6 heteroatoms. The van der Waals surface area contributed by atoms with Crippen LogP contribution in [-0.2, 0) is 4.79 Å². The summed E-state index contributed by atoms with van der Waals surface area (Å²) in [6, 6.07) is 5.25. The van der Waals surface area contributed by atoms with Crippen molar-refractivity contribution in [1.82, 2.24) is 5.43 Å². The Morgan fingerprint density at radius 3 is 3.06 bits per heavy atom. The van der Waals surface area contributed by atoms with E-state index in [1.165, 1.54) is 0 Å². The quantitative estimate of drug-likeness (QED) is 0.433. The number of nitrogens with one attached hydrogen (secondary N) is 1. The Labute approximate surface area is 92.2 Å². The SMILES string of the molecule is NNC(=O)CCOc1ccc2c(c1)OCO2. The largest absolute Gasteiger partial charge is 0.493 e. The van der Waals surface area contributed by atoms with Gasteiger partial charge in [-0.25, -0.2) is 5.84 Å². The number of carbonyl (C=O) groups excluding carboxylic acids is 1. The zero-order valence-electron chi connectivity index (χ0n) is 8.56. The molecule has 0 saturated heterocycles. The van der Waals surface area contributed by atoms with E-state index in [1.807, 2.05) is 5.43 Å². The predicted molar refractivity (Wildman–Crippen MR) is 55.0 cm³/mol. The first-order valence-corrected chi connectivity index (χ1v) is 4.81. The Balaban J connectivity index is 1.88. The second kappa shape index (κ2) is 4.71. The van der Waals surface area contributed by atoms with Gasteiger partial charge in [0.1, 0.15) is 5.75 Å². The first-order valence-electron chi connectivity index (χ1n) is 4.81. The summed E-state index contributed by atoms with van der Waals surface area (Å²) in [5.74, 6) is 6.66. The zero-order valence-corrected chi connectivity index (χ0v) is 8.56. The molecule has 0 radical (unpaired) electrons. The third-order valence-electron chi connectivity index (χ3n) is 2.10. The molecule has 0 unspecified atom stereocenters. The van der Waals surface area contributed by atoms with Crippen LogP contribution in [0.2, 0.25) is 0 Å². The summed E-state index contributed by atoms with van der Waals surface area (Å²) in [6.07, 6.45) is 0.213. The molecule has 0 aromatic heterocycles. The van der Waals surface area contributed by atoms with Gasteiger partial charge in [0.25, 0.3) is 0 Å². The number of hydrogen-bond donors (Lipinski definition) is 2. The molecule has 0 aliphatic carbocycles. The minimum Gasteiger partial charge on any atom is -0.493 e. The summed E-state index contributed by atoms with van der Waals surface area (Å²) in [5.41, 5.74) is 2.03. The summed E-state index contributed by atoms with van der Waals surface area (Å²) in [4.78, 5) is 10.8. The Morgan fingerprint density at radius 2 is 2.25 bits per heavy atom. The fourth-order valence-electron chi connectivity index (χ4n) is 1.30. The molecule has 3 N–H and O–H groups in total. The summed E-state index contributed by atoms with van der Waals surface area (Å²) in [5, 5.41) is 0. The van der Waals surface area contributed by atoms with Gasteiger partial charge in [0.05, 0.1) is 13.0 Å². The minimum absolute atomic E-state index is 0.213. The van der Waals surface area contributed by atoms with Crippen LogP contribution in [0.1, 0.15) is 6.42 Å². The van der Waals surface area contributed by atoms with Gasteiger partial charge in [-0.2, -0.15) is 0 Å². The molecule has 1 aliphatic rings. The van der Waals surface area contributed by atoms with Crippen molar-refractivity contribution >= 4 is 5.91 Å². The lowest BCUT2D eigenvalue weighted by Crippen LogP contribution is -2.31. The van der Waals surface area contributed by atoms with Gasteiger partial charge in [0.2, 0.25) is 12.7 Å². The summed E-state index contributed by atoms with van der Waals surface area (Å²) in [7, 11) is 0. The van der Waals surface area contributed by atoms with E-state index in [0.717, 1.165) is 0 Å². The molecule has 1 aromatic rings. The summed E-state index contributed by atoms with van der Waals surface area (Å²) in [6.45, 7) is 0.497. The van der Waals surface area contributed by atoms with Gasteiger partial charge < -0.3 is 14.2 Å². The number of fused-ring (bicyclic) bond motifs is 1. The molecule has 0 saturated carbocycles. The van der Waals surface area contributed by atoms with Crippen molar-refractivity contribution in [2.75, 3.05) is 13.4 Å². The van der Waals surface area contributed by atoms with Crippen molar-refractivity contribution in [1.29, 1.82) is 0 Å². The first-order chi connectivity index (χ1) is 7.79. The minimum atomic E-state index is -0.263. The van der Waals surface area contributed by atoms with E-state index < -0.39 is 0 Å². The van der Waals surface area contributed by atoms with E-state index in [9.17, 15) is 4.79 Å². The molecule has 1 aromatic carbocycles. The van der Waals surface area contributed by atoms with Crippen LogP contribution in [0.4, 0.5) is 0 Å². The van der Waals surface area contributed by atoms with Gasteiger partial charge in [-0.05, 0) is 12.1 Å². The zero-order chi connectivity index (χ0) is 11.4. The molecule has 16 heavy (non-hydrogen) atoms. The lowest BCUT2D eigenvalue weighted by molar-refractivity contribution is -0.121. The standard InChI is InChI=1S/C10H12N2O4/c11-12-10(13)3-4-14-7-1-2-8-9(5-7)16-6-15-8/h1-2,5H,3-4,6,11H2,(H,12,13). The topological polar surface area (TPSA) is 82.8 Å². The van der Waals surface area contributed by atoms with Crippen LogP contribution in [0.25, 0.3) is 0 Å². The van der Waals surface area contributed by atoms with E-state index in [1.54, 1.807) is 18.2 Å². The third kappa shape index (κ3) is 2.34. The molecule has 0 fully saturated rings. The third-order valence-corrected chi connectivity index (χ3v) is 2.10. The summed E-state index contributed by atoms with van der Waals surface area (Å²) >= 11 is 0. The average molecular weight is 224 g/mol. The van der Waals surface area contributed by atoms with Crippen LogP contribution >= 0.6 is 0 Å². The molecule has 6 nitrogen and oxygen atoms in total. The Bertz CT molecular complexity index is 394. The van der Waals surface area contributed by atoms with E-state index in [-0.39, 0.29) is 25.7 Å². The van der Waals surface area contributed by atoms with E-state index in [2.05, 4.69) is 0 Å². The Hall–Kier alpha value is -1.95. The van der Waals surface area contributed by atoms with Gasteiger partial charge in [0, 0.05) is 6.07 Å². The molecule has 0 atom stereocenters. The fraction of sp³-hybridized carbons (Fsp3) is 0.300. The van der Waals surface area contributed by atoms with E-state index in [4.69, 9.17) is 20.1 Å². The molecule has 0 spiro atoms. The molecular weight excluding hydrogens is 212 g/mol. The summed E-state index contributed by atoms with van der Waals surface area (Å²) < 4.78 is 15.7. The maximum absolute atomic E-state index is 10.8. The average Bonchev–Trinajstić information content (AvgIpc) is 2.76. The number of ether oxygens (including phenoxy) is 3. The number of rotatable bonds is 4. The molecular formula is C10H12N2O4. The Morgan fingerprint density at radius 1 is 1.44 bits per heavy atom. The van der Waals surface area contributed by atoms with Crippen LogP contribution < -0.4 is 25.5 Å². The van der Waals surface area contributed by atoms with Gasteiger partial charge >= 0.3 is 0 Å². The van der Waals surface area contributed by atoms with Crippen molar-refractivity contribution in [2.45, 2.75) is 6.42 Å². The van der Waals surface area contributed by atoms with Crippen molar-refractivity contribution in [3.63, 3.8) is 0 Å². The highest BCUT2D eigenvalue weighted by atomic mass is 16.7. The van der Waals surface area contributed by atoms with Crippen LogP contribution in [0.3, 0.4) is 0 Å². The molecule has 1 heterocycles. The second-order valence-corrected chi connectivity index (χ2v) is 3.18. The van der Waals surface area contributed by atoms with Gasteiger partial charge in [-0.3, -0.25) is 10.2 Å². The van der Waals surface area contributed by atoms with Crippen molar-refractivity contribution in [3.05, 3.63) is 18.2 Å². The number of benzene rings is 1. The molecule has 86 valence electrons. The number of hydrogen-bond acceptors (Lipinski definition) is 5. The highest BCUT2D eigenvalue weighted by Crippen LogP contribution is 2.34. The van der Waals surface area contributed by atoms with Crippen molar-refractivity contribution < 1.29 is 19.0 Å². The number of amides is 1. The number of carbonyl (C=O) groups is 1. The van der Waals surface area contributed by atoms with Crippen molar-refractivity contribution in [3.8, 4) is 17.2 Å². The van der Waals surface area contributed by atoms with Crippen molar-refractivity contribution in [2.24, 2.45) is 5.84 Å². The second-order valence-electron chi connectivity index (χ2n) is 3.18. The smallest absolute Gasteiger partial charge is 0.237 e. The first kappa shape index (κ1) is 10.6. The maximum atomic E-state index is 10.8.